The average Bonchev–Trinajstić information content (AvgIpc) is 2.15. The molecule has 0 spiro atoms. The monoisotopic (exact) mass is 323 g/mol. The molecule has 0 atom stereocenters. The van der Waals surface area contributed by atoms with Gasteiger partial charge in [-0.05, 0) is 22.0 Å². The van der Waals surface area contributed by atoms with Crippen LogP contribution in [0.25, 0.3) is 0 Å². The topological polar surface area (TPSA) is 46.2 Å². The molecule has 0 aliphatic heterocycles. The fraction of sp³-hybridized carbons (Fsp3) is 0.200. The summed E-state index contributed by atoms with van der Waals surface area (Å²) in [6.07, 6.45) is 5.14. The number of sulfonamides is 1. The molecule has 0 amide bonds. The third-order valence-electron chi connectivity index (χ3n) is 1.79. The Balaban J connectivity index is 3.12. The Morgan fingerprint density at radius 2 is 2.06 bits per heavy atom. The highest BCUT2D eigenvalue weighted by Gasteiger charge is 2.22. The second kappa shape index (κ2) is 5.58. The van der Waals surface area contributed by atoms with E-state index in [1.54, 1.807) is 0 Å². The molecule has 0 unspecified atom stereocenters. The zero-order valence-electron chi connectivity index (χ0n) is 8.50. The molecule has 3 nitrogen and oxygen atoms in total. The van der Waals surface area contributed by atoms with Crippen LogP contribution in [0, 0.1) is 24.0 Å². The van der Waals surface area contributed by atoms with Gasteiger partial charge in [-0.2, -0.15) is 0 Å². The maximum atomic E-state index is 13.4. The molecule has 1 aromatic carbocycles. The fourth-order valence-corrected chi connectivity index (χ4v) is 3.31. The lowest BCUT2D eigenvalue weighted by molar-refractivity contribution is 0.541. The first kappa shape index (κ1) is 14.1. The second-order valence-electron chi connectivity index (χ2n) is 3.05. The molecule has 0 aliphatic carbocycles. The third kappa shape index (κ3) is 3.49. The molecule has 0 heterocycles. The van der Waals surface area contributed by atoms with Crippen LogP contribution in [0.3, 0.4) is 0 Å². The van der Waals surface area contributed by atoms with Gasteiger partial charge >= 0.3 is 0 Å². The summed E-state index contributed by atoms with van der Waals surface area (Å²) in [6, 6.07) is 1.37. The molecule has 0 fully saturated rings. The largest absolute Gasteiger partial charge is 0.244 e. The first-order chi connectivity index (χ1) is 7.88. The van der Waals surface area contributed by atoms with Gasteiger partial charge in [0.25, 0.3) is 0 Å². The summed E-state index contributed by atoms with van der Waals surface area (Å²) >= 11 is 2.80. The van der Waals surface area contributed by atoms with Gasteiger partial charge in [0.2, 0.25) is 10.0 Å². The van der Waals surface area contributed by atoms with Crippen molar-refractivity contribution >= 4 is 26.0 Å². The summed E-state index contributed by atoms with van der Waals surface area (Å²) in [5.74, 6) is 0.212. The van der Waals surface area contributed by atoms with Crippen molar-refractivity contribution in [3.05, 3.63) is 28.2 Å². The lowest BCUT2D eigenvalue weighted by Crippen LogP contribution is -2.26. The minimum absolute atomic E-state index is 0.0118. The van der Waals surface area contributed by atoms with Crippen molar-refractivity contribution in [2.24, 2.45) is 0 Å². The molecular weight excluding hydrogens is 316 g/mol. The molecule has 0 bridgehead atoms. The van der Waals surface area contributed by atoms with Gasteiger partial charge in [-0.3, -0.25) is 0 Å². The minimum Gasteiger partial charge on any atom is -0.210 e. The number of halogens is 3. The molecule has 0 radical (unpaired) electrons. The SMILES string of the molecule is C#CCCNS(=O)(=O)c1c(F)cc(F)cc1Br. The summed E-state index contributed by atoms with van der Waals surface area (Å²) in [5, 5.41) is 0. The van der Waals surface area contributed by atoms with Crippen LogP contribution < -0.4 is 4.72 Å². The maximum absolute atomic E-state index is 13.4. The first-order valence-electron chi connectivity index (χ1n) is 4.46. The lowest BCUT2D eigenvalue weighted by Gasteiger charge is -2.08. The van der Waals surface area contributed by atoms with Crippen LogP contribution in [0.1, 0.15) is 6.42 Å². The Morgan fingerprint density at radius 3 is 2.59 bits per heavy atom. The molecule has 7 heteroatoms. The Bertz CT molecular complexity index is 543. The molecule has 0 saturated carbocycles. The van der Waals surface area contributed by atoms with E-state index >= 15 is 0 Å². The highest BCUT2D eigenvalue weighted by molar-refractivity contribution is 9.10. The predicted molar refractivity (Wildman–Crippen MR) is 62.7 cm³/mol. The summed E-state index contributed by atoms with van der Waals surface area (Å²) < 4.78 is 51.5. The van der Waals surface area contributed by atoms with E-state index in [-0.39, 0.29) is 17.4 Å². The molecule has 1 rings (SSSR count). The average molecular weight is 324 g/mol. The fourth-order valence-electron chi connectivity index (χ4n) is 1.12. The highest BCUT2D eigenvalue weighted by Crippen LogP contribution is 2.25. The van der Waals surface area contributed by atoms with E-state index in [1.807, 2.05) is 0 Å². The number of nitrogens with one attached hydrogen (secondary N) is 1. The van der Waals surface area contributed by atoms with Crippen molar-refractivity contribution in [1.29, 1.82) is 0 Å². The van der Waals surface area contributed by atoms with Crippen LogP contribution in [0.4, 0.5) is 8.78 Å². The van der Waals surface area contributed by atoms with Crippen LogP contribution in [0.15, 0.2) is 21.5 Å². The van der Waals surface area contributed by atoms with Crippen molar-refractivity contribution in [2.75, 3.05) is 6.54 Å². The summed E-state index contributed by atoms with van der Waals surface area (Å²) in [4.78, 5) is -0.629. The van der Waals surface area contributed by atoms with Gasteiger partial charge in [0, 0.05) is 23.5 Å². The Hall–Kier alpha value is -0.970. The Morgan fingerprint density at radius 1 is 1.41 bits per heavy atom. The van der Waals surface area contributed by atoms with Crippen molar-refractivity contribution < 1.29 is 17.2 Å². The molecule has 1 N–H and O–H groups in total. The van der Waals surface area contributed by atoms with Gasteiger partial charge in [-0.1, -0.05) is 0 Å². The van der Waals surface area contributed by atoms with Crippen LogP contribution >= 0.6 is 15.9 Å². The van der Waals surface area contributed by atoms with Crippen LogP contribution in [-0.2, 0) is 10.0 Å². The van der Waals surface area contributed by atoms with E-state index in [0.717, 1.165) is 6.07 Å². The number of rotatable bonds is 4. The Labute approximate surface area is 106 Å². The second-order valence-corrected chi connectivity index (χ2v) is 5.61. The zero-order valence-corrected chi connectivity index (χ0v) is 10.9. The first-order valence-corrected chi connectivity index (χ1v) is 6.74. The van der Waals surface area contributed by atoms with Crippen molar-refractivity contribution in [3.8, 4) is 12.3 Å². The predicted octanol–water partition coefficient (Wildman–Crippen LogP) is 2.03. The smallest absolute Gasteiger partial charge is 0.210 e. The number of hydrogen-bond acceptors (Lipinski definition) is 2. The van der Waals surface area contributed by atoms with E-state index in [4.69, 9.17) is 6.42 Å². The molecule has 1 aromatic rings. The van der Waals surface area contributed by atoms with E-state index in [0.29, 0.717) is 6.07 Å². The lowest BCUT2D eigenvalue weighted by atomic mass is 10.3. The van der Waals surface area contributed by atoms with Gasteiger partial charge in [0.15, 0.2) is 0 Å². The van der Waals surface area contributed by atoms with Crippen LogP contribution in [-0.4, -0.2) is 15.0 Å². The quantitative estimate of drug-likeness (QED) is 0.680. The summed E-state index contributed by atoms with van der Waals surface area (Å²) in [5.41, 5.74) is 0. The summed E-state index contributed by atoms with van der Waals surface area (Å²) in [7, 11) is -4.04. The van der Waals surface area contributed by atoms with Crippen molar-refractivity contribution in [1.82, 2.24) is 4.72 Å². The molecule has 17 heavy (non-hydrogen) atoms. The van der Waals surface area contributed by atoms with E-state index in [1.165, 1.54) is 0 Å². The zero-order chi connectivity index (χ0) is 13.1. The van der Waals surface area contributed by atoms with Gasteiger partial charge in [-0.15, -0.1) is 12.3 Å². The molecule has 92 valence electrons. The summed E-state index contributed by atoms with van der Waals surface area (Å²) in [6.45, 7) is -0.0118. The van der Waals surface area contributed by atoms with E-state index < -0.39 is 26.6 Å². The Kier molecular flexibility index (Phi) is 4.62. The van der Waals surface area contributed by atoms with Crippen LogP contribution in [0.5, 0.6) is 0 Å². The standard InChI is InChI=1S/C10H8BrF2NO2S/c1-2-3-4-14-17(15,16)10-8(11)5-7(12)6-9(10)13/h1,5-6,14H,3-4H2. The van der Waals surface area contributed by atoms with E-state index in [9.17, 15) is 17.2 Å². The minimum atomic E-state index is -4.04. The molecular formula is C10H8BrF2NO2S. The normalized spacial score (nSPS) is 11.2. The van der Waals surface area contributed by atoms with Crippen LogP contribution in [0.2, 0.25) is 0 Å². The number of hydrogen-bond donors (Lipinski definition) is 1. The van der Waals surface area contributed by atoms with E-state index in [2.05, 4.69) is 26.6 Å². The van der Waals surface area contributed by atoms with Gasteiger partial charge in [0.1, 0.15) is 16.5 Å². The highest BCUT2D eigenvalue weighted by atomic mass is 79.9. The molecule has 0 aliphatic rings. The van der Waals surface area contributed by atoms with Crippen molar-refractivity contribution in [2.45, 2.75) is 11.3 Å². The molecule has 0 aromatic heterocycles. The maximum Gasteiger partial charge on any atom is 0.244 e. The van der Waals surface area contributed by atoms with Crippen molar-refractivity contribution in [3.63, 3.8) is 0 Å². The van der Waals surface area contributed by atoms with Gasteiger partial charge < -0.3 is 0 Å². The number of benzene rings is 1. The molecule has 0 saturated heterocycles. The number of terminal acetylenes is 1. The van der Waals surface area contributed by atoms with Gasteiger partial charge in [0.05, 0.1) is 0 Å². The van der Waals surface area contributed by atoms with Gasteiger partial charge in [-0.25, -0.2) is 21.9 Å². The third-order valence-corrected chi connectivity index (χ3v) is 4.22.